The van der Waals surface area contributed by atoms with Crippen LogP contribution in [-0.2, 0) is 11.3 Å². The van der Waals surface area contributed by atoms with Crippen molar-refractivity contribution in [2.24, 2.45) is 5.92 Å². The van der Waals surface area contributed by atoms with Gasteiger partial charge in [-0.1, -0.05) is 44.2 Å². The molecule has 2 aliphatic carbocycles. The second-order valence-corrected chi connectivity index (χ2v) is 11.2. The highest BCUT2D eigenvalue weighted by Gasteiger charge is 2.45. The van der Waals surface area contributed by atoms with Gasteiger partial charge in [0.15, 0.2) is 0 Å². The van der Waals surface area contributed by atoms with E-state index in [0.29, 0.717) is 37.5 Å². The molecule has 1 aliphatic heterocycles. The van der Waals surface area contributed by atoms with E-state index in [2.05, 4.69) is 38.5 Å². The van der Waals surface area contributed by atoms with Gasteiger partial charge >= 0.3 is 5.69 Å². The largest absolute Gasteiger partial charge is 0.358 e. The van der Waals surface area contributed by atoms with Crippen LogP contribution < -0.4 is 16.3 Å². The van der Waals surface area contributed by atoms with Gasteiger partial charge < -0.3 is 15.5 Å². The van der Waals surface area contributed by atoms with Crippen LogP contribution in [0.2, 0.25) is 0 Å². The monoisotopic (exact) mass is 505 g/mol. The van der Waals surface area contributed by atoms with Crippen molar-refractivity contribution in [1.82, 2.24) is 24.7 Å². The van der Waals surface area contributed by atoms with Crippen LogP contribution in [0.5, 0.6) is 0 Å². The van der Waals surface area contributed by atoms with E-state index in [1.165, 1.54) is 19.3 Å². The molecule has 1 saturated heterocycles. The lowest BCUT2D eigenvalue weighted by atomic mass is 9.84. The molecule has 0 spiro atoms. The first-order valence-corrected chi connectivity index (χ1v) is 13.9. The number of carbonyl (C=O) groups is 1. The van der Waals surface area contributed by atoms with Gasteiger partial charge in [-0.25, -0.2) is 4.79 Å². The number of anilines is 1. The van der Waals surface area contributed by atoms with E-state index < -0.39 is 11.6 Å². The van der Waals surface area contributed by atoms with Crippen LogP contribution in [0.15, 0.2) is 29.1 Å². The van der Waals surface area contributed by atoms with Gasteiger partial charge in [0.25, 0.3) is 0 Å². The SMILES string of the molecule is CN1CCN(CCn2c(=O)nc(N[C@@H](CC3CCCCC3)C(=O)NC3(C#N)CC3)c3ccccc32)CC1. The molecule has 198 valence electrons. The second kappa shape index (κ2) is 11.2. The van der Waals surface area contributed by atoms with Gasteiger partial charge in [-0.3, -0.25) is 14.3 Å². The molecule has 2 heterocycles. The minimum absolute atomic E-state index is 0.172. The highest BCUT2D eigenvalue weighted by atomic mass is 16.2. The number of fused-ring (bicyclic) bond motifs is 1. The second-order valence-electron chi connectivity index (χ2n) is 11.2. The van der Waals surface area contributed by atoms with Crippen molar-refractivity contribution in [1.29, 1.82) is 5.26 Å². The quantitative estimate of drug-likeness (QED) is 0.539. The number of rotatable bonds is 9. The van der Waals surface area contributed by atoms with Crippen LogP contribution in [0, 0.1) is 17.2 Å². The minimum Gasteiger partial charge on any atom is -0.358 e. The third-order valence-corrected chi connectivity index (χ3v) is 8.37. The Morgan fingerprint density at radius 3 is 2.57 bits per heavy atom. The maximum absolute atomic E-state index is 13.4. The third-order valence-electron chi connectivity index (χ3n) is 8.37. The maximum Gasteiger partial charge on any atom is 0.350 e. The smallest absolute Gasteiger partial charge is 0.350 e. The molecule has 3 aliphatic rings. The van der Waals surface area contributed by atoms with E-state index in [4.69, 9.17) is 0 Å². The van der Waals surface area contributed by atoms with E-state index in [1.54, 1.807) is 4.57 Å². The lowest BCUT2D eigenvalue weighted by Gasteiger charge is -2.32. The molecule has 1 atom stereocenters. The summed E-state index contributed by atoms with van der Waals surface area (Å²) in [6, 6.07) is 9.52. The standard InChI is InChI=1S/C28H39N7O2/c1-33-13-15-34(16-14-33)17-18-35-24-10-6-5-9-22(24)25(31-27(35)37)30-23(19-21-7-3-2-4-8-21)26(36)32-28(20-29)11-12-28/h5-6,9-10,21,23H,2-4,7-8,11-19H2,1H3,(H,32,36)(H,30,31,37)/t23-/m0/s1. The molecule has 37 heavy (non-hydrogen) atoms. The fourth-order valence-corrected chi connectivity index (χ4v) is 5.73. The van der Waals surface area contributed by atoms with Crippen LogP contribution in [0.4, 0.5) is 5.82 Å². The predicted molar refractivity (Wildman–Crippen MR) is 144 cm³/mol. The normalized spacial score (nSPS) is 21.3. The number of nitrogens with one attached hydrogen (secondary N) is 2. The number of benzene rings is 1. The number of nitrogens with zero attached hydrogens (tertiary/aromatic N) is 5. The zero-order valence-electron chi connectivity index (χ0n) is 21.9. The summed E-state index contributed by atoms with van der Waals surface area (Å²) in [5, 5.41) is 16.7. The van der Waals surface area contributed by atoms with Crippen molar-refractivity contribution in [2.75, 3.05) is 45.1 Å². The van der Waals surface area contributed by atoms with E-state index in [-0.39, 0.29) is 11.6 Å². The molecule has 5 rings (SSSR count). The molecule has 9 nitrogen and oxygen atoms in total. The van der Waals surface area contributed by atoms with Crippen molar-refractivity contribution in [3.05, 3.63) is 34.7 Å². The zero-order chi connectivity index (χ0) is 25.8. The van der Waals surface area contributed by atoms with Crippen LogP contribution in [0.1, 0.15) is 51.4 Å². The summed E-state index contributed by atoms with van der Waals surface area (Å²) in [6.07, 6.45) is 7.89. The number of para-hydroxylation sites is 1. The number of likely N-dealkylation sites (N-methyl/N-ethyl adjacent to an activating group) is 1. The topological polar surface area (TPSA) is 106 Å². The molecule has 0 unspecified atom stereocenters. The van der Waals surface area contributed by atoms with Crippen molar-refractivity contribution >= 4 is 22.6 Å². The summed E-state index contributed by atoms with van der Waals surface area (Å²) >= 11 is 0. The Labute approximate surface area is 218 Å². The number of amides is 1. The van der Waals surface area contributed by atoms with Gasteiger partial charge in [0.1, 0.15) is 17.4 Å². The molecule has 1 aromatic carbocycles. The van der Waals surface area contributed by atoms with Crippen LogP contribution in [0.25, 0.3) is 10.9 Å². The fourth-order valence-electron chi connectivity index (χ4n) is 5.73. The predicted octanol–water partition coefficient (Wildman–Crippen LogP) is 2.57. The molecule has 3 fully saturated rings. The molecule has 1 aromatic heterocycles. The fraction of sp³-hybridized carbons (Fsp3) is 0.643. The molecular formula is C28H39N7O2. The van der Waals surface area contributed by atoms with Gasteiger partial charge in [-0.15, -0.1) is 0 Å². The summed E-state index contributed by atoms with van der Waals surface area (Å²) < 4.78 is 1.75. The van der Waals surface area contributed by atoms with Gasteiger partial charge in [0.05, 0.1) is 11.6 Å². The number of hydrogen-bond acceptors (Lipinski definition) is 7. The first-order chi connectivity index (χ1) is 18.0. The molecule has 2 N–H and O–H groups in total. The first-order valence-electron chi connectivity index (χ1n) is 13.9. The Balaban J connectivity index is 1.38. The minimum atomic E-state index is -0.730. The summed E-state index contributed by atoms with van der Waals surface area (Å²) in [5.41, 5.74) is -0.208. The Bertz CT molecular complexity index is 1200. The van der Waals surface area contributed by atoms with Crippen LogP contribution in [0.3, 0.4) is 0 Å². The molecule has 9 heteroatoms. The number of carbonyl (C=O) groups excluding carboxylic acids is 1. The highest BCUT2D eigenvalue weighted by molar-refractivity contribution is 5.92. The maximum atomic E-state index is 13.4. The van der Waals surface area contributed by atoms with E-state index in [0.717, 1.165) is 56.5 Å². The van der Waals surface area contributed by atoms with Gasteiger partial charge in [0, 0.05) is 44.7 Å². The lowest BCUT2D eigenvalue weighted by Crippen LogP contribution is -2.47. The number of hydrogen-bond donors (Lipinski definition) is 2. The van der Waals surface area contributed by atoms with E-state index in [9.17, 15) is 14.9 Å². The Kier molecular flexibility index (Phi) is 7.77. The number of nitriles is 1. The van der Waals surface area contributed by atoms with Gasteiger partial charge in [0.2, 0.25) is 5.91 Å². The first kappa shape index (κ1) is 25.7. The van der Waals surface area contributed by atoms with Crippen molar-refractivity contribution in [3.63, 3.8) is 0 Å². The molecular weight excluding hydrogens is 466 g/mol. The molecule has 0 radical (unpaired) electrons. The summed E-state index contributed by atoms with van der Waals surface area (Å²) in [7, 11) is 2.14. The Morgan fingerprint density at radius 2 is 1.86 bits per heavy atom. The van der Waals surface area contributed by atoms with E-state index >= 15 is 0 Å². The number of piperazine rings is 1. The Hall–Kier alpha value is -2.96. The third kappa shape index (κ3) is 6.13. The van der Waals surface area contributed by atoms with Crippen molar-refractivity contribution in [2.45, 2.75) is 69.5 Å². The van der Waals surface area contributed by atoms with Crippen molar-refractivity contribution < 1.29 is 4.79 Å². The van der Waals surface area contributed by atoms with Crippen LogP contribution >= 0.6 is 0 Å². The lowest BCUT2D eigenvalue weighted by molar-refractivity contribution is -0.122. The van der Waals surface area contributed by atoms with E-state index in [1.807, 2.05) is 24.3 Å². The molecule has 2 saturated carbocycles. The Morgan fingerprint density at radius 1 is 1.14 bits per heavy atom. The number of aromatic nitrogens is 2. The molecule has 0 bridgehead atoms. The zero-order valence-corrected chi connectivity index (χ0v) is 21.9. The van der Waals surface area contributed by atoms with Crippen molar-refractivity contribution in [3.8, 4) is 6.07 Å². The summed E-state index contributed by atoms with van der Waals surface area (Å²) in [6.45, 7) is 5.45. The summed E-state index contributed by atoms with van der Waals surface area (Å²) in [4.78, 5) is 35.8. The molecule has 1 amide bonds. The van der Waals surface area contributed by atoms with Crippen LogP contribution in [-0.4, -0.2) is 76.6 Å². The highest BCUT2D eigenvalue weighted by Crippen LogP contribution is 2.35. The van der Waals surface area contributed by atoms with Gasteiger partial charge in [-0.05, 0) is 44.4 Å². The molecule has 2 aromatic rings. The average molecular weight is 506 g/mol. The summed E-state index contributed by atoms with van der Waals surface area (Å²) in [5.74, 6) is 0.730. The average Bonchev–Trinajstić information content (AvgIpc) is 3.69. The van der Waals surface area contributed by atoms with Gasteiger partial charge in [-0.2, -0.15) is 10.2 Å².